The number of likely N-dealkylation sites (N-methyl/N-ethyl adjacent to an activating group) is 1. The molecule has 32 heteroatoms. The van der Waals surface area contributed by atoms with E-state index in [4.69, 9.17) is 54.0 Å². The van der Waals surface area contributed by atoms with Crippen LogP contribution in [0.25, 0.3) is 0 Å². The smallest absolute Gasteiger partial charge is 0.194 e. The van der Waals surface area contributed by atoms with E-state index in [1.807, 2.05) is 127 Å². The quantitative estimate of drug-likeness (QED) is 0.00833. The number of nitrogens with zero attached hydrogens (tertiary/aromatic N) is 10. The average Bonchev–Trinajstić information content (AvgIpc) is 1.48. The molecule has 13 N–H and O–H groups in total. The van der Waals surface area contributed by atoms with Crippen molar-refractivity contribution in [3.63, 3.8) is 0 Å². The fraction of sp³-hybridized carbons (Fsp3) is 0.443. The molecule has 0 saturated carbocycles. The van der Waals surface area contributed by atoms with Crippen molar-refractivity contribution in [2.75, 3.05) is 113 Å². The topological polar surface area (TPSA) is 295 Å². The largest absolute Gasteiger partial charge is 0.490 e. The van der Waals surface area contributed by atoms with E-state index in [9.17, 15) is 26.3 Å². The number of ether oxygens (including phenoxy) is 3. The van der Waals surface area contributed by atoms with Gasteiger partial charge in [0.25, 0.3) is 0 Å². The van der Waals surface area contributed by atoms with Crippen LogP contribution in [0.4, 0.5) is 26.3 Å². The molecule has 7 aromatic rings. The van der Waals surface area contributed by atoms with Crippen molar-refractivity contribution in [3.8, 4) is 5.75 Å². The third-order valence-corrected chi connectivity index (χ3v) is 21.4. The second kappa shape index (κ2) is 63.5. The summed E-state index contributed by atoms with van der Waals surface area (Å²) in [4.78, 5) is 33.8. The Kier molecular flexibility index (Phi) is 56.5. The normalized spacial score (nSPS) is 13.3. The number of alkyl halides is 6. The molecular formula is C88H121Br6F6N17O3. The number of benzene rings is 7. The van der Waals surface area contributed by atoms with E-state index in [-0.39, 0.29) is 39.9 Å². The summed E-state index contributed by atoms with van der Waals surface area (Å²) >= 11 is 20.8. The molecule has 9 rings (SSSR count). The number of aryl methyl sites for hydroxylation is 3. The van der Waals surface area contributed by atoms with Gasteiger partial charge in [-0.3, -0.25) is 47.9 Å². The Morgan fingerprint density at radius 3 is 1.23 bits per heavy atom. The van der Waals surface area contributed by atoms with Gasteiger partial charge in [0, 0.05) is 94.2 Å². The van der Waals surface area contributed by atoms with Gasteiger partial charge in [0.2, 0.25) is 0 Å². The van der Waals surface area contributed by atoms with E-state index in [1.54, 1.807) is 34.6 Å². The van der Waals surface area contributed by atoms with Gasteiger partial charge in [-0.1, -0.05) is 178 Å². The third-order valence-electron chi connectivity index (χ3n) is 17.4. The van der Waals surface area contributed by atoms with Crippen molar-refractivity contribution in [3.05, 3.63) is 233 Å². The number of guanidine groups is 2. The number of nitrogens with one attached hydrogen (secondary N) is 1. The second-order valence-electron chi connectivity index (χ2n) is 27.8. The highest BCUT2D eigenvalue weighted by atomic mass is 79.9. The zero-order valence-corrected chi connectivity index (χ0v) is 79.6. The number of piperazine rings is 1. The average molecular weight is 2060 g/mol. The van der Waals surface area contributed by atoms with Crippen LogP contribution in [0.5, 0.6) is 5.75 Å². The molecule has 2 heterocycles. The molecule has 7 aromatic carbocycles. The summed E-state index contributed by atoms with van der Waals surface area (Å²) in [5.74, 6) is 4.77. The highest BCUT2D eigenvalue weighted by molar-refractivity contribution is 9.11. The molecular weight excluding hydrogens is 1940 g/mol. The van der Waals surface area contributed by atoms with Crippen molar-refractivity contribution in [1.82, 2.24) is 19.6 Å². The molecule has 2 saturated heterocycles. The minimum atomic E-state index is -0.500. The first kappa shape index (κ1) is 107. The van der Waals surface area contributed by atoms with E-state index in [0.29, 0.717) is 132 Å². The fourth-order valence-corrected chi connectivity index (χ4v) is 14.2. The molecule has 0 spiro atoms. The standard InChI is InChI=1S/C15H22BrFN4O.C14H20BrFN2O.C13H18BrN3.C12H16BrFN2O.C12H16BrFN2.C11H14BrFN2.C11H15FN2/c1-20-5-7-21(8-6-20)15(18)19-11-12-2-3-14(13(16)10-12)22-9-4-17;1-11(17)18-9-12-4-5-13(14(15)8-12)10-19-7-3-2-6-16;1-2-6-16-7-8-17(13(16)15)10-11-4-3-5-12(14)9-11;1-9(15)16-7-10-2-3-11(12(13)6-10)8-17-5-4-14;1-9(15)16-8-10-4-5-11(3-2-6-14)12(13)7-10;1-8(14)15-7-9-2-3-10(4-5-13)11(12)6-9;1-9(13)14-8-11-4-2-10(3-5-11)6-7-12/h2-3,10H,4-9,11H2,1H3,(H2,18,19);4-5,8H,2-3,6-7,9-10H2,1H3,(H2,17,18);3-5,9,15H,2,6-8,10H2,1H3;2-3,6H,4-5,7-8H2,1H3,(H2,15,16);4-5,7H,2-3,6,8H2,1H3,(H2,15,16);2-3,6H,4-5,7H2,1H3,(H2,14,15);2-5H,6-8H2,1H3,(H2,13,14). The van der Waals surface area contributed by atoms with Crippen LogP contribution < -0.4 is 39.1 Å². The van der Waals surface area contributed by atoms with Crippen LogP contribution in [-0.2, 0) is 87.8 Å². The van der Waals surface area contributed by atoms with E-state index in [0.717, 1.165) is 160 Å². The van der Waals surface area contributed by atoms with Gasteiger partial charge < -0.3 is 68.2 Å². The van der Waals surface area contributed by atoms with Gasteiger partial charge in [-0.05, 0) is 205 Å². The van der Waals surface area contributed by atoms with E-state index < -0.39 is 13.3 Å². The minimum Gasteiger partial charge on any atom is -0.490 e. The number of halogens is 12. The molecule has 660 valence electrons. The van der Waals surface area contributed by atoms with Gasteiger partial charge in [0.1, 0.15) is 25.7 Å². The highest BCUT2D eigenvalue weighted by Crippen LogP contribution is 2.28. The van der Waals surface area contributed by atoms with E-state index >= 15 is 0 Å². The molecule has 0 aliphatic carbocycles. The molecule has 0 radical (unpaired) electrons. The highest BCUT2D eigenvalue weighted by Gasteiger charge is 2.24. The SMILES string of the molecule is CC(N)=NCc1ccc(CCCF)c(Br)c1.CC(N)=NCc1ccc(CCF)c(Br)c1.CC(N)=NCc1ccc(CCF)cc1.CC(N)=NCc1ccc(COCCCCF)c(Br)c1.CC(N)=NCc1ccc(COCCF)c(Br)c1.CCCN1CCN(Cc2cccc(Br)c2)C1=N.CN1CCN(C(N)=NCc2ccc(OCCF)c(Br)c2)CC1. The number of amidine groups is 5. The summed E-state index contributed by atoms with van der Waals surface area (Å²) in [5.41, 5.74) is 46.3. The molecule has 2 aliphatic rings. The number of rotatable bonds is 36. The van der Waals surface area contributed by atoms with Gasteiger partial charge in [0.05, 0.1) is 119 Å². The predicted octanol–water partition coefficient (Wildman–Crippen LogP) is 19.3. The van der Waals surface area contributed by atoms with Crippen molar-refractivity contribution >= 4 is 137 Å². The molecule has 0 bridgehead atoms. The Hall–Kier alpha value is -7.43. The number of aliphatic imine (C=N–C) groups is 6. The van der Waals surface area contributed by atoms with Crippen molar-refractivity contribution in [2.45, 2.75) is 146 Å². The number of hydrogen-bond acceptors (Lipinski definition) is 11. The third kappa shape index (κ3) is 47.3. The van der Waals surface area contributed by atoms with Crippen LogP contribution in [0.1, 0.15) is 134 Å². The first-order valence-corrected chi connectivity index (χ1v) is 44.3. The lowest BCUT2D eigenvalue weighted by Gasteiger charge is -2.33. The molecule has 0 atom stereocenters. The van der Waals surface area contributed by atoms with E-state index in [2.05, 4.69) is 171 Å². The molecule has 2 fully saturated rings. The van der Waals surface area contributed by atoms with Crippen LogP contribution in [-0.4, -0.2) is 173 Å². The summed E-state index contributed by atoms with van der Waals surface area (Å²) < 4.78 is 93.8. The number of nitrogens with two attached hydrogens (primary N) is 6. The number of hydrogen-bond donors (Lipinski definition) is 7. The van der Waals surface area contributed by atoms with Crippen LogP contribution in [0, 0.1) is 5.41 Å². The Bertz CT molecular complexity index is 4280. The Labute approximate surface area is 757 Å². The summed E-state index contributed by atoms with van der Waals surface area (Å²) in [7, 11) is 2.11. The summed E-state index contributed by atoms with van der Waals surface area (Å²) in [6, 6.07) is 45.5. The van der Waals surface area contributed by atoms with Gasteiger partial charge in [0.15, 0.2) is 11.9 Å². The Morgan fingerprint density at radius 2 is 0.800 bits per heavy atom. The first-order valence-electron chi connectivity index (χ1n) is 39.5. The van der Waals surface area contributed by atoms with Crippen LogP contribution in [0.2, 0.25) is 0 Å². The monoisotopic (exact) mass is 2050 g/mol. The maximum absolute atomic E-state index is 12.2. The molecule has 0 unspecified atom stereocenters. The summed E-state index contributed by atoms with van der Waals surface area (Å²) in [6.45, 7) is 21.6. The molecule has 120 heavy (non-hydrogen) atoms. The van der Waals surface area contributed by atoms with Gasteiger partial charge >= 0.3 is 0 Å². The van der Waals surface area contributed by atoms with Crippen molar-refractivity contribution in [1.29, 1.82) is 5.41 Å². The van der Waals surface area contributed by atoms with Gasteiger partial charge in [-0.15, -0.1) is 0 Å². The molecule has 0 amide bonds. The fourth-order valence-electron chi connectivity index (χ4n) is 10.8. The molecule has 2 aliphatic heterocycles. The summed E-state index contributed by atoms with van der Waals surface area (Å²) in [5, 5.41) is 8.11. The lowest BCUT2D eigenvalue weighted by Crippen LogP contribution is -2.49. The zero-order chi connectivity index (χ0) is 88.6. The Balaban J connectivity index is 0.000000363. The second-order valence-corrected chi connectivity index (χ2v) is 33.0. The lowest BCUT2D eigenvalue weighted by atomic mass is 10.1. The van der Waals surface area contributed by atoms with E-state index in [1.165, 1.54) is 5.56 Å². The molecule has 20 nitrogen and oxygen atoms in total. The lowest BCUT2D eigenvalue weighted by molar-refractivity contribution is 0.106. The van der Waals surface area contributed by atoms with Gasteiger partial charge in [-0.2, -0.15) is 0 Å². The van der Waals surface area contributed by atoms with Crippen LogP contribution in [0.15, 0.2) is 196 Å². The van der Waals surface area contributed by atoms with Crippen LogP contribution in [0.3, 0.4) is 0 Å². The minimum absolute atomic E-state index is 0.0620. The Morgan fingerprint density at radius 1 is 0.392 bits per heavy atom. The van der Waals surface area contributed by atoms with Crippen LogP contribution >= 0.6 is 95.6 Å². The molecule has 0 aromatic heterocycles. The van der Waals surface area contributed by atoms with Crippen molar-refractivity contribution in [2.24, 2.45) is 64.4 Å². The van der Waals surface area contributed by atoms with Gasteiger partial charge in [-0.25, -0.2) is 13.8 Å². The maximum atomic E-state index is 12.2. The predicted molar refractivity (Wildman–Crippen MR) is 506 cm³/mol. The number of unbranched alkanes of at least 4 members (excludes halogenated alkanes) is 1. The maximum Gasteiger partial charge on any atom is 0.194 e. The first-order chi connectivity index (χ1) is 57.5. The zero-order valence-electron chi connectivity index (χ0n) is 70.1. The van der Waals surface area contributed by atoms with Crippen molar-refractivity contribution < 1.29 is 40.6 Å². The summed E-state index contributed by atoms with van der Waals surface area (Å²) in [6.07, 6.45) is 4.69.